The van der Waals surface area contributed by atoms with Gasteiger partial charge in [0.05, 0.1) is 11.8 Å². The van der Waals surface area contributed by atoms with Crippen molar-refractivity contribution in [3.8, 4) is 0 Å². The molecule has 7 nitrogen and oxygen atoms in total. The van der Waals surface area contributed by atoms with Crippen molar-refractivity contribution in [1.82, 2.24) is 14.8 Å². The summed E-state index contributed by atoms with van der Waals surface area (Å²) in [6.07, 6.45) is 5.31. The van der Waals surface area contributed by atoms with Crippen molar-refractivity contribution >= 4 is 35.1 Å². The highest BCUT2D eigenvalue weighted by atomic mass is 32.2. The van der Waals surface area contributed by atoms with Gasteiger partial charge >= 0.3 is 0 Å². The van der Waals surface area contributed by atoms with Gasteiger partial charge in [0.2, 0.25) is 11.8 Å². The molecule has 0 spiro atoms. The van der Waals surface area contributed by atoms with Crippen LogP contribution in [-0.4, -0.2) is 31.8 Å². The molecule has 2 N–H and O–H groups in total. The first kappa shape index (κ1) is 19.6. The molecule has 1 unspecified atom stereocenters. The number of nitrogens with one attached hydrogen (secondary N) is 2. The highest BCUT2D eigenvalue weighted by molar-refractivity contribution is 8.00. The lowest BCUT2D eigenvalue weighted by Gasteiger charge is -2.11. The third kappa shape index (κ3) is 5.68. The summed E-state index contributed by atoms with van der Waals surface area (Å²) in [4.78, 5) is 28.5. The summed E-state index contributed by atoms with van der Waals surface area (Å²) in [7, 11) is 0. The van der Waals surface area contributed by atoms with E-state index in [2.05, 4.69) is 20.7 Å². The van der Waals surface area contributed by atoms with Crippen LogP contribution in [0.25, 0.3) is 0 Å². The van der Waals surface area contributed by atoms with Crippen LogP contribution in [0.15, 0.2) is 66.0 Å². The van der Waals surface area contributed by atoms with Gasteiger partial charge in [-0.3, -0.25) is 19.3 Å². The average molecular weight is 395 g/mol. The molecular formula is C20H21N5O2S. The van der Waals surface area contributed by atoms with Crippen LogP contribution in [0.4, 0.5) is 11.5 Å². The van der Waals surface area contributed by atoms with Gasteiger partial charge in [-0.2, -0.15) is 5.10 Å². The van der Waals surface area contributed by atoms with Gasteiger partial charge in [0, 0.05) is 42.2 Å². The van der Waals surface area contributed by atoms with E-state index in [1.807, 2.05) is 49.5 Å². The topological polar surface area (TPSA) is 88.9 Å². The Bertz CT molecular complexity index is 941. The van der Waals surface area contributed by atoms with Gasteiger partial charge in [-0.05, 0) is 48.9 Å². The lowest BCUT2D eigenvalue weighted by atomic mass is 10.3. The zero-order valence-corrected chi connectivity index (χ0v) is 16.4. The molecule has 8 heteroatoms. The van der Waals surface area contributed by atoms with E-state index in [-0.39, 0.29) is 17.1 Å². The maximum atomic E-state index is 12.5. The zero-order chi connectivity index (χ0) is 19.9. The average Bonchev–Trinajstić information content (AvgIpc) is 3.10. The molecule has 0 fully saturated rings. The molecule has 0 aliphatic rings. The van der Waals surface area contributed by atoms with Crippen molar-refractivity contribution in [1.29, 1.82) is 0 Å². The molecule has 2 heterocycles. The Morgan fingerprint density at radius 1 is 1.07 bits per heavy atom. The molecule has 3 rings (SSSR count). The molecule has 3 aromatic rings. The van der Waals surface area contributed by atoms with Gasteiger partial charge < -0.3 is 10.6 Å². The van der Waals surface area contributed by atoms with Crippen LogP contribution in [0.1, 0.15) is 19.4 Å². The highest BCUT2D eigenvalue weighted by Crippen LogP contribution is 2.25. The van der Waals surface area contributed by atoms with E-state index in [1.54, 1.807) is 23.1 Å². The number of benzene rings is 1. The van der Waals surface area contributed by atoms with Crippen LogP contribution in [0, 0.1) is 0 Å². The number of hydrogen-bond acceptors (Lipinski definition) is 5. The minimum Gasteiger partial charge on any atom is -0.326 e. The summed E-state index contributed by atoms with van der Waals surface area (Å²) in [6.45, 7) is 3.92. The summed E-state index contributed by atoms with van der Waals surface area (Å²) in [5.74, 6) is 0.286. The van der Waals surface area contributed by atoms with Gasteiger partial charge in [-0.25, -0.2) is 0 Å². The third-order valence-electron chi connectivity index (χ3n) is 3.84. The van der Waals surface area contributed by atoms with E-state index in [0.717, 1.165) is 16.1 Å². The molecule has 0 bridgehead atoms. The number of nitrogens with zero attached hydrogens (tertiary/aromatic N) is 3. The summed E-state index contributed by atoms with van der Waals surface area (Å²) in [5.41, 5.74) is 1.82. The first-order chi connectivity index (χ1) is 13.5. The van der Waals surface area contributed by atoms with Crippen LogP contribution in [0.3, 0.4) is 0 Å². The molecule has 2 aromatic heterocycles. The molecule has 0 radical (unpaired) electrons. The number of amides is 2. The smallest absolute Gasteiger partial charge is 0.238 e. The highest BCUT2D eigenvalue weighted by Gasteiger charge is 2.15. The third-order valence-corrected chi connectivity index (χ3v) is 4.95. The van der Waals surface area contributed by atoms with Crippen LogP contribution < -0.4 is 10.6 Å². The Hall–Kier alpha value is -3.13. The van der Waals surface area contributed by atoms with Crippen molar-refractivity contribution in [3.63, 3.8) is 0 Å². The maximum absolute atomic E-state index is 12.5. The Balaban J connectivity index is 1.53. The number of thioether (sulfide) groups is 1. The Morgan fingerprint density at radius 2 is 1.79 bits per heavy atom. The van der Waals surface area contributed by atoms with Gasteiger partial charge in [0.25, 0.3) is 0 Å². The maximum Gasteiger partial charge on any atom is 0.238 e. The summed E-state index contributed by atoms with van der Waals surface area (Å²) >= 11 is 1.44. The summed E-state index contributed by atoms with van der Waals surface area (Å²) < 4.78 is 1.77. The molecule has 0 aliphatic carbocycles. The minimum absolute atomic E-state index is 0.114. The normalized spacial score (nSPS) is 11.6. The number of aromatic nitrogens is 3. The van der Waals surface area contributed by atoms with Crippen LogP contribution in [-0.2, 0) is 16.1 Å². The summed E-state index contributed by atoms with van der Waals surface area (Å²) in [5, 5.41) is 9.66. The Labute approximate surface area is 167 Å². The first-order valence-electron chi connectivity index (χ1n) is 8.77. The van der Waals surface area contributed by atoms with E-state index < -0.39 is 0 Å². The van der Waals surface area contributed by atoms with Crippen molar-refractivity contribution in [2.75, 3.05) is 10.6 Å². The fourth-order valence-corrected chi connectivity index (χ4v) is 3.36. The van der Waals surface area contributed by atoms with E-state index in [1.165, 1.54) is 18.7 Å². The monoisotopic (exact) mass is 395 g/mol. The molecular weight excluding hydrogens is 374 g/mol. The molecule has 0 aliphatic heterocycles. The summed E-state index contributed by atoms with van der Waals surface area (Å²) in [6, 6.07) is 13.0. The van der Waals surface area contributed by atoms with Crippen LogP contribution in [0.5, 0.6) is 0 Å². The standard InChI is InChI=1S/C20H21N5O2S/c1-14(28-18-5-3-17(4-6-18)22-15(2)26)20(27)23-19-9-12-25(24-19)13-16-7-10-21-11-8-16/h3-12,14H,13H2,1-2H3,(H,22,26)(H,23,24,27). The van der Waals surface area contributed by atoms with Crippen LogP contribution >= 0.6 is 11.8 Å². The molecule has 0 saturated heterocycles. The number of anilines is 2. The van der Waals surface area contributed by atoms with Crippen molar-refractivity contribution < 1.29 is 9.59 Å². The van der Waals surface area contributed by atoms with Crippen LogP contribution in [0.2, 0.25) is 0 Å². The predicted molar refractivity (Wildman–Crippen MR) is 110 cm³/mol. The second-order valence-corrected chi connectivity index (χ2v) is 7.62. The number of carbonyl (C=O) groups excluding carboxylic acids is 2. The molecule has 144 valence electrons. The fraction of sp³-hybridized carbons (Fsp3) is 0.200. The van der Waals surface area contributed by atoms with Gasteiger partial charge in [0.1, 0.15) is 0 Å². The fourth-order valence-electron chi connectivity index (χ4n) is 2.50. The molecule has 0 saturated carbocycles. The molecule has 2 amide bonds. The number of carbonyl (C=O) groups is 2. The number of rotatable bonds is 7. The Morgan fingerprint density at radius 3 is 2.46 bits per heavy atom. The number of pyridine rings is 1. The van der Waals surface area contributed by atoms with Gasteiger partial charge in [-0.15, -0.1) is 11.8 Å². The molecule has 28 heavy (non-hydrogen) atoms. The first-order valence-corrected chi connectivity index (χ1v) is 9.65. The second-order valence-electron chi connectivity index (χ2n) is 6.21. The predicted octanol–water partition coefficient (Wildman–Crippen LogP) is 3.40. The van der Waals surface area contributed by atoms with E-state index >= 15 is 0 Å². The lowest BCUT2D eigenvalue weighted by Crippen LogP contribution is -2.22. The van der Waals surface area contributed by atoms with E-state index in [4.69, 9.17) is 0 Å². The largest absolute Gasteiger partial charge is 0.326 e. The van der Waals surface area contributed by atoms with E-state index in [9.17, 15) is 9.59 Å². The van der Waals surface area contributed by atoms with Crippen molar-refractivity contribution in [2.24, 2.45) is 0 Å². The van der Waals surface area contributed by atoms with Crippen molar-refractivity contribution in [3.05, 3.63) is 66.6 Å². The molecule has 1 atom stereocenters. The SMILES string of the molecule is CC(=O)Nc1ccc(SC(C)C(=O)Nc2ccn(Cc3ccncc3)n2)cc1. The Kier molecular flexibility index (Phi) is 6.44. The molecule has 1 aromatic carbocycles. The van der Waals surface area contributed by atoms with Crippen molar-refractivity contribution in [2.45, 2.75) is 30.5 Å². The quantitative estimate of drug-likeness (QED) is 0.599. The minimum atomic E-state index is -0.294. The lowest BCUT2D eigenvalue weighted by molar-refractivity contribution is -0.115. The van der Waals surface area contributed by atoms with Gasteiger partial charge in [-0.1, -0.05) is 0 Å². The second kappa shape index (κ2) is 9.18. The number of hydrogen-bond donors (Lipinski definition) is 2. The van der Waals surface area contributed by atoms with E-state index in [0.29, 0.717) is 12.4 Å². The zero-order valence-electron chi connectivity index (χ0n) is 15.6. The van der Waals surface area contributed by atoms with Gasteiger partial charge in [0.15, 0.2) is 5.82 Å².